The van der Waals surface area contributed by atoms with E-state index in [0.717, 1.165) is 5.56 Å². The van der Waals surface area contributed by atoms with Crippen LogP contribution in [0.3, 0.4) is 0 Å². The molecule has 0 atom stereocenters. The molecule has 0 heterocycles. The molecule has 74 valence electrons. The molecule has 1 rings (SSSR count). The van der Waals surface area contributed by atoms with E-state index in [0.29, 0.717) is 12.2 Å². The molecular weight excluding hydrogens is 178 g/mol. The molecule has 1 aromatic carbocycles. The number of carbonyl (C=O) groups is 1. The topological polar surface area (TPSA) is 50.2 Å². The second kappa shape index (κ2) is 4.56. The van der Waals surface area contributed by atoms with Gasteiger partial charge in [-0.3, -0.25) is 5.41 Å². The summed E-state index contributed by atoms with van der Waals surface area (Å²) in [4.78, 5) is 11.2. The van der Waals surface area contributed by atoms with E-state index in [9.17, 15) is 4.79 Å². The Morgan fingerprint density at radius 2 is 2.21 bits per heavy atom. The summed E-state index contributed by atoms with van der Waals surface area (Å²) in [7, 11) is 0. The highest BCUT2D eigenvalue weighted by Gasteiger charge is 2.12. The van der Waals surface area contributed by atoms with Gasteiger partial charge in [-0.15, -0.1) is 0 Å². The van der Waals surface area contributed by atoms with E-state index in [1.54, 1.807) is 19.1 Å². The van der Waals surface area contributed by atoms with Crippen molar-refractivity contribution in [2.75, 3.05) is 6.61 Å². The molecule has 0 fully saturated rings. The first kappa shape index (κ1) is 10.4. The maximum Gasteiger partial charge on any atom is 0.356 e. The van der Waals surface area contributed by atoms with Crippen LogP contribution in [0.15, 0.2) is 24.3 Å². The smallest absolute Gasteiger partial charge is 0.356 e. The summed E-state index contributed by atoms with van der Waals surface area (Å²) in [5, 5.41) is 7.56. The first-order chi connectivity index (χ1) is 6.65. The molecule has 0 aliphatic rings. The summed E-state index contributed by atoms with van der Waals surface area (Å²) in [5.41, 5.74) is 1.54. The van der Waals surface area contributed by atoms with Crippen LogP contribution in [0.1, 0.15) is 18.1 Å². The minimum Gasteiger partial charge on any atom is -0.461 e. The largest absolute Gasteiger partial charge is 0.461 e. The Labute approximate surface area is 83.2 Å². The van der Waals surface area contributed by atoms with E-state index in [-0.39, 0.29) is 5.71 Å². The van der Waals surface area contributed by atoms with Crippen LogP contribution in [0.25, 0.3) is 0 Å². The Morgan fingerprint density at radius 3 is 2.79 bits per heavy atom. The fourth-order valence-corrected chi connectivity index (χ4v) is 1.12. The first-order valence-corrected chi connectivity index (χ1v) is 4.48. The lowest BCUT2D eigenvalue weighted by Gasteiger charge is -2.03. The van der Waals surface area contributed by atoms with Gasteiger partial charge in [-0.2, -0.15) is 0 Å². The van der Waals surface area contributed by atoms with E-state index < -0.39 is 5.97 Å². The lowest BCUT2D eigenvalue weighted by molar-refractivity contribution is -0.135. The number of hydrogen-bond acceptors (Lipinski definition) is 3. The predicted molar refractivity (Wildman–Crippen MR) is 54.6 cm³/mol. The first-order valence-electron chi connectivity index (χ1n) is 4.48. The Balaban J connectivity index is 2.84. The maximum atomic E-state index is 11.2. The van der Waals surface area contributed by atoms with Crippen LogP contribution < -0.4 is 0 Å². The van der Waals surface area contributed by atoms with Crippen LogP contribution in [0.2, 0.25) is 0 Å². The number of benzene rings is 1. The van der Waals surface area contributed by atoms with Crippen molar-refractivity contribution in [3.05, 3.63) is 35.4 Å². The van der Waals surface area contributed by atoms with Crippen molar-refractivity contribution in [2.24, 2.45) is 0 Å². The lowest BCUT2D eigenvalue weighted by atomic mass is 10.1. The van der Waals surface area contributed by atoms with Gasteiger partial charge in [0.15, 0.2) is 0 Å². The summed E-state index contributed by atoms with van der Waals surface area (Å²) in [6, 6.07) is 7.26. The highest BCUT2D eigenvalue weighted by Crippen LogP contribution is 2.05. The van der Waals surface area contributed by atoms with Crippen LogP contribution in [-0.4, -0.2) is 18.3 Å². The van der Waals surface area contributed by atoms with Crippen molar-refractivity contribution in [1.82, 2.24) is 0 Å². The quantitative estimate of drug-likeness (QED) is 0.586. The van der Waals surface area contributed by atoms with Gasteiger partial charge in [0.25, 0.3) is 0 Å². The third-order valence-electron chi connectivity index (χ3n) is 1.79. The SMILES string of the molecule is CCOC(=O)C(=N)c1cccc(C)c1. The van der Waals surface area contributed by atoms with Gasteiger partial charge in [-0.05, 0) is 19.9 Å². The average molecular weight is 191 g/mol. The van der Waals surface area contributed by atoms with Gasteiger partial charge < -0.3 is 4.74 Å². The summed E-state index contributed by atoms with van der Waals surface area (Å²) in [6.45, 7) is 3.94. The number of aryl methyl sites for hydroxylation is 1. The van der Waals surface area contributed by atoms with Crippen molar-refractivity contribution in [3.63, 3.8) is 0 Å². The number of esters is 1. The molecule has 0 radical (unpaired) electrons. The van der Waals surface area contributed by atoms with E-state index in [1.807, 2.05) is 19.1 Å². The normalized spacial score (nSPS) is 9.57. The standard InChI is InChI=1S/C11H13NO2/c1-3-14-11(13)10(12)9-6-4-5-8(2)7-9/h4-7,12H,3H2,1-2H3. The minimum absolute atomic E-state index is 0.0875. The molecule has 0 spiro atoms. The van der Waals surface area contributed by atoms with Gasteiger partial charge in [0.05, 0.1) is 6.61 Å². The van der Waals surface area contributed by atoms with E-state index >= 15 is 0 Å². The molecule has 0 aliphatic heterocycles. The van der Waals surface area contributed by atoms with Gasteiger partial charge in [0, 0.05) is 5.56 Å². The molecule has 3 heteroatoms. The summed E-state index contributed by atoms with van der Waals surface area (Å²) < 4.78 is 4.73. The molecule has 0 saturated carbocycles. The van der Waals surface area contributed by atoms with Crippen molar-refractivity contribution in [2.45, 2.75) is 13.8 Å². The van der Waals surface area contributed by atoms with Crippen LogP contribution >= 0.6 is 0 Å². The van der Waals surface area contributed by atoms with Crippen LogP contribution in [-0.2, 0) is 9.53 Å². The fraction of sp³-hybridized carbons (Fsp3) is 0.273. The number of hydrogen-bond donors (Lipinski definition) is 1. The second-order valence-electron chi connectivity index (χ2n) is 2.96. The van der Waals surface area contributed by atoms with Crippen LogP contribution in [0.4, 0.5) is 0 Å². The summed E-state index contributed by atoms with van der Waals surface area (Å²) in [5.74, 6) is -0.571. The zero-order valence-electron chi connectivity index (χ0n) is 8.33. The number of carbonyl (C=O) groups excluding carboxylic acids is 1. The Bertz CT molecular complexity index is 358. The molecule has 1 aromatic rings. The van der Waals surface area contributed by atoms with Gasteiger partial charge in [-0.1, -0.05) is 23.8 Å². The van der Waals surface area contributed by atoms with Crippen molar-refractivity contribution in [1.29, 1.82) is 5.41 Å². The Morgan fingerprint density at radius 1 is 1.50 bits per heavy atom. The molecule has 0 saturated heterocycles. The number of rotatable bonds is 3. The molecular formula is C11H13NO2. The summed E-state index contributed by atoms with van der Waals surface area (Å²) in [6.07, 6.45) is 0. The molecule has 3 nitrogen and oxygen atoms in total. The summed E-state index contributed by atoms with van der Waals surface area (Å²) >= 11 is 0. The fourth-order valence-electron chi connectivity index (χ4n) is 1.12. The van der Waals surface area contributed by atoms with Crippen LogP contribution in [0, 0.1) is 12.3 Å². The van der Waals surface area contributed by atoms with Gasteiger partial charge >= 0.3 is 5.97 Å². The predicted octanol–water partition coefficient (Wildman–Crippen LogP) is 1.93. The molecule has 0 aliphatic carbocycles. The molecule has 0 bridgehead atoms. The Kier molecular flexibility index (Phi) is 3.40. The van der Waals surface area contributed by atoms with Crippen LogP contribution in [0.5, 0.6) is 0 Å². The lowest BCUT2D eigenvalue weighted by Crippen LogP contribution is -2.17. The van der Waals surface area contributed by atoms with Gasteiger partial charge in [-0.25, -0.2) is 4.79 Å². The van der Waals surface area contributed by atoms with E-state index in [4.69, 9.17) is 10.1 Å². The van der Waals surface area contributed by atoms with Gasteiger partial charge in [0.2, 0.25) is 0 Å². The third kappa shape index (κ3) is 2.42. The zero-order chi connectivity index (χ0) is 10.6. The second-order valence-corrected chi connectivity index (χ2v) is 2.96. The average Bonchev–Trinajstić information content (AvgIpc) is 2.17. The molecule has 0 unspecified atom stereocenters. The zero-order valence-corrected chi connectivity index (χ0v) is 8.33. The minimum atomic E-state index is -0.571. The number of ether oxygens (including phenoxy) is 1. The van der Waals surface area contributed by atoms with Crippen molar-refractivity contribution >= 4 is 11.7 Å². The monoisotopic (exact) mass is 191 g/mol. The van der Waals surface area contributed by atoms with Gasteiger partial charge in [0.1, 0.15) is 5.71 Å². The maximum absolute atomic E-state index is 11.2. The third-order valence-corrected chi connectivity index (χ3v) is 1.79. The molecule has 14 heavy (non-hydrogen) atoms. The highest BCUT2D eigenvalue weighted by atomic mass is 16.5. The molecule has 0 aromatic heterocycles. The van der Waals surface area contributed by atoms with E-state index in [1.165, 1.54) is 0 Å². The van der Waals surface area contributed by atoms with E-state index in [2.05, 4.69) is 0 Å². The Hall–Kier alpha value is -1.64. The highest BCUT2D eigenvalue weighted by molar-refractivity contribution is 6.41. The number of nitrogens with one attached hydrogen (secondary N) is 1. The van der Waals surface area contributed by atoms with Crippen molar-refractivity contribution in [3.8, 4) is 0 Å². The molecule has 1 N–H and O–H groups in total. The molecule has 0 amide bonds. The van der Waals surface area contributed by atoms with Crippen molar-refractivity contribution < 1.29 is 9.53 Å².